The highest BCUT2D eigenvalue weighted by Gasteiger charge is 2.35. The molecule has 1 aromatic rings. The van der Waals surface area contributed by atoms with E-state index in [1.807, 2.05) is 13.8 Å². The van der Waals surface area contributed by atoms with Crippen LogP contribution in [0.4, 0.5) is 8.78 Å². The van der Waals surface area contributed by atoms with E-state index >= 15 is 0 Å². The fourth-order valence-electron chi connectivity index (χ4n) is 2.65. The minimum absolute atomic E-state index is 0.0311. The minimum Gasteiger partial charge on any atom is -0.491 e. The first-order valence-corrected chi connectivity index (χ1v) is 8.27. The lowest BCUT2D eigenvalue weighted by atomic mass is 10.0. The van der Waals surface area contributed by atoms with Crippen LogP contribution >= 0.6 is 0 Å². The first-order valence-electron chi connectivity index (χ1n) is 8.27. The standard InChI is InChI=1S/C18H21F2NO5/c1-4-25-14-6-5-12(19)17(16(14)20)26-11-8-15(22)21(9-11)13(18(23)24)7-10(2)3/h5-6,8,10,13H,4,7,9H2,1-3H3,(H,23,24). The van der Waals surface area contributed by atoms with Crippen molar-refractivity contribution < 1.29 is 33.0 Å². The topological polar surface area (TPSA) is 76.1 Å². The van der Waals surface area contributed by atoms with Gasteiger partial charge in [0.2, 0.25) is 11.6 Å². The van der Waals surface area contributed by atoms with Gasteiger partial charge < -0.3 is 19.5 Å². The number of carbonyl (C=O) groups is 2. The van der Waals surface area contributed by atoms with Crippen LogP contribution in [0, 0.1) is 17.6 Å². The molecular weight excluding hydrogens is 348 g/mol. The van der Waals surface area contributed by atoms with Crippen LogP contribution in [0.25, 0.3) is 0 Å². The van der Waals surface area contributed by atoms with Gasteiger partial charge in [0.1, 0.15) is 11.8 Å². The van der Waals surface area contributed by atoms with Gasteiger partial charge in [-0.05, 0) is 31.4 Å². The number of amides is 1. The van der Waals surface area contributed by atoms with Gasteiger partial charge in [0, 0.05) is 6.08 Å². The van der Waals surface area contributed by atoms with Gasteiger partial charge in [0.25, 0.3) is 5.91 Å². The van der Waals surface area contributed by atoms with E-state index in [0.717, 1.165) is 23.1 Å². The van der Waals surface area contributed by atoms with Crippen LogP contribution in [0.1, 0.15) is 27.2 Å². The van der Waals surface area contributed by atoms with Crippen LogP contribution in [0.15, 0.2) is 24.0 Å². The Morgan fingerprint density at radius 3 is 2.62 bits per heavy atom. The Bertz CT molecular complexity index is 733. The third-order valence-corrected chi connectivity index (χ3v) is 3.80. The molecule has 1 atom stereocenters. The van der Waals surface area contributed by atoms with Gasteiger partial charge in [-0.2, -0.15) is 4.39 Å². The summed E-state index contributed by atoms with van der Waals surface area (Å²) in [5, 5.41) is 9.37. The van der Waals surface area contributed by atoms with Crippen molar-refractivity contribution in [1.82, 2.24) is 4.90 Å². The maximum Gasteiger partial charge on any atom is 0.326 e. The molecule has 1 aromatic carbocycles. The van der Waals surface area contributed by atoms with Crippen molar-refractivity contribution in [2.45, 2.75) is 33.2 Å². The zero-order valence-corrected chi connectivity index (χ0v) is 14.8. The molecule has 1 unspecified atom stereocenters. The second-order valence-electron chi connectivity index (χ2n) is 6.28. The number of benzene rings is 1. The van der Waals surface area contributed by atoms with E-state index in [-0.39, 0.29) is 37.0 Å². The minimum atomic E-state index is -1.14. The lowest BCUT2D eigenvalue weighted by molar-refractivity contribution is -0.148. The SMILES string of the molecule is CCOc1ccc(F)c(OC2=CC(=O)N(C(CC(C)C)C(=O)O)C2)c1F. The fourth-order valence-corrected chi connectivity index (χ4v) is 2.65. The van der Waals surface area contributed by atoms with Crippen molar-refractivity contribution in [3.8, 4) is 11.5 Å². The number of carboxylic acids is 1. The van der Waals surface area contributed by atoms with Gasteiger partial charge >= 0.3 is 5.97 Å². The average Bonchev–Trinajstić information content (AvgIpc) is 2.92. The number of rotatable bonds is 8. The Balaban J connectivity index is 2.20. The van der Waals surface area contributed by atoms with Gasteiger partial charge in [-0.3, -0.25) is 4.79 Å². The summed E-state index contributed by atoms with van der Waals surface area (Å²) in [6.45, 7) is 5.34. The molecule has 6 nitrogen and oxygen atoms in total. The molecule has 1 N–H and O–H groups in total. The van der Waals surface area contributed by atoms with Gasteiger partial charge in [-0.15, -0.1) is 0 Å². The maximum absolute atomic E-state index is 14.3. The maximum atomic E-state index is 14.3. The summed E-state index contributed by atoms with van der Waals surface area (Å²) in [7, 11) is 0. The van der Waals surface area contributed by atoms with E-state index < -0.39 is 35.3 Å². The Morgan fingerprint density at radius 1 is 1.35 bits per heavy atom. The number of carbonyl (C=O) groups excluding carboxylic acids is 1. The van der Waals surface area contributed by atoms with E-state index in [2.05, 4.69) is 0 Å². The quantitative estimate of drug-likeness (QED) is 0.762. The third kappa shape index (κ3) is 4.30. The lowest BCUT2D eigenvalue weighted by Crippen LogP contribution is -2.43. The summed E-state index contributed by atoms with van der Waals surface area (Å²) in [4.78, 5) is 24.7. The second-order valence-corrected chi connectivity index (χ2v) is 6.28. The van der Waals surface area contributed by atoms with Crippen molar-refractivity contribution in [2.24, 2.45) is 5.92 Å². The second kappa shape index (κ2) is 8.16. The van der Waals surface area contributed by atoms with Crippen molar-refractivity contribution in [2.75, 3.05) is 13.2 Å². The first-order chi connectivity index (χ1) is 12.2. The number of hydrogen-bond acceptors (Lipinski definition) is 4. The van der Waals surface area contributed by atoms with Gasteiger partial charge in [0.05, 0.1) is 13.2 Å². The zero-order chi connectivity index (χ0) is 19.4. The summed E-state index contributed by atoms with van der Waals surface area (Å²) in [6, 6.07) is 1.10. The first kappa shape index (κ1) is 19.7. The van der Waals surface area contributed by atoms with Crippen molar-refractivity contribution >= 4 is 11.9 Å². The molecular formula is C18H21F2NO5. The molecule has 26 heavy (non-hydrogen) atoms. The molecule has 1 aliphatic rings. The molecule has 8 heteroatoms. The zero-order valence-electron chi connectivity index (χ0n) is 14.8. The smallest absolute Gasteiger partial charge is 0.326 e. The van der Waals surface area contributed by atoms with Crippen molar-refractivity contribution in [1.29, 1.82) is 0 Å². The fraction of sp³-hybridized carbons (Fsp3) is 0.444. The van der Waals surface area contributed by atoms with Crippen LogP contribution in [-0.2, 0) is 9.59 Å². The molecule has 0 bridgehead atoms. The Kier molecular flexibility index (Phi) is 6.18. The molecule has 0 spiro atoms. The molecule has 0 saturated carbocycles. The summed E-state index contributed by atoms with van der Waals surface area (Å²) in [5.41, 5.74) is 0. The van der Waals surface area contributed by atoms with Crippen LogP contribution in [-0.4, -0.2) is 41.1 Å². The summed E-state index contributed by atoms with van der Waals surface area (Å²) < 4.78 is 38.5. The molecule has 1 heterocycles. The highest BCUT2D eigenvalue weighted by molar-refractivity contribution is 5.94. The molecule has 0 aliphatic carbocycles. The largest absolute Gasteiger partial charge is 0.491 e. The van der Waals surface area contributed by atoms with Gasteiger partial charge in [-0.1, -0.05) is 13.8 Å². The summed E-state index contributed by atoms with van der Waals surface area (Å²) in [5.74, 6) is -4.53. The number of hydrogen-bond donors (Lipinski definition) is 1. The van der Waals surface area contributed by atoms with Gasteiger partial charge in [0.15, 0.2) is 11.6 Å². The monoisotopic (exact) mass is 369 g/mol. The number of ether oxygens (including phenoxy) is 2. The van der Waals surface area contributed by atoms with Crippen molar-refractivity contribution in [3.63, 3.8) is 0 Å². The Hall–Kier alpha value is -2.64. The van der Waals surface area contributed by atoms with E-state index in [1.165, 1.54) is 0 Å². The van der Waals surface area contributed by atoms with E-state index in [9.17, 15) is 23.5 Å². The highest BCUT2D eigenvalue weighted by Crippen LogP contribution is 2.32. The van der Waals surface area contributed by atoms with Crippen molar-refractivity contribution in [3.05, 3.63) is 35.6 Å². The van der Waals surface area contributed by atoms with Crippen LogP contribution in [0.5, 0.6) is 11.5 Å². The van der Waals surface area contributed by atoms with E-state index in [0.29, 0.717) is 0 Å². The molecule has 1 aliphatic heterocycles. The summed E-state index contributed by atoms with van der Waals surface area (Å²) >= 11 is 0. The molecule has 0 radical (unpaired) electrons. The lowest BCUT2D eigenvalue weighted by Gasteiger charge is -2.25. The molecule has 2 rings (SSSR count). The predicted molar refractivity (Wildman–Crippen MR) is 88.8 cm³/mol. The van der Waals surface area contributed by atoms with E-state index in [4.69, 9.17) is 9.47 Å². The molecule has 0 aromatic heterocycles. The van der Waals surface area contributed by atoms with Crippen LogP contribution in [0.2, 0.25) is 0 Å². The highest BCUT2D eigenvalue weighted by atomic mass is 19.1. The molecule has 0 fully saturated rings. The molecule has 1 amide bonds. The van der Waals surface area contributed by atoms with Gasteiger partial charge in [-0.25, -0.2) is 9.18 Å². The molecule has 142 valence electrons. The Morgan fingerprint density at radius 2 is 2.04 bits per heavy atom. The molecule has 0 saturated heterocycles. The predicted octanol–water partition coefficient (Wildman–Crippen LogP) is 2.97. The number of carboxylic acid groups (broad SMARTS) is 1. The third-order valence-electron chi connectivity index (χ3n) is 3.80. The van der Waals surface area contributed by atoms with E-state index in [1.54, 1.807) is 6.92 Å². The number of aliphatic carboxylic acids is 1. The average molecular weight is 369 g/mol. The number of halogens is 2. The van der Waals surface area contributed by atoms with Crippen LogP contribution in [0.3, 0.4) is 0 Å². The summed E-state index contributed by atoms with van der Waals surface area (Å²) in [6.07, 6.45) is 1.30. The Labute approximate surface area is 150 Å². The van der Waals surface area contributed by atoms with Crippen LogP contribution < -0.4 is 9.47 Å². The number of nitrogens with zero attached hydrogens (tertiary/aromatic N) is 1. The normalized spacial score (nSPS) is 15.2.